The predicted octanol–water partition coefficient (Wildman–Crippen LogP) is 1.50. The third kappa shape index (κ3) is 2.31. The van der Waals surface area contributed by atoms with Gasteiger partial charge in [0, 0.05) is 24.7 Å². The van der Waals surface area contributed by atoms with E-state index in [1.54, 1.807) is 6.92 Å². The largest absolute Gasteiger partial charge is 0.478 e. The summed E-state index contributed by atoms with van der Waals surface area (Å²) in [4.78, 5) is 13.0. The Hall–Kier alpha value is -0.830. The third-order valence-corrected chi connectivity index (χ3v) is 2.68. The molecule has 1 saturated heterocycles. The number of carboxylic acid groups (broad SMARTS) is 1. The number of likely N-dealkylation sites (tertiary alicyclic amines) is 1. The molecule has 0 amide bonds. The number of hydrogen-bond acceptors (Lipinski definition) is 2. The number of carboxylic acids is 1. The minimum Gasteiger partial charge on any atom is -0.478 e. The van der Waals surface area contributed by atoms with Gasteiger partial charge in [0.05, 0.1) is 0 Å². The summed E-state index contributed by atoms with van der Waals surface area (Å²) in [6.45, 7) is 7.80. The van der Waals surface area contributed by atoms with Crippen LogP contribution in [0, 0.1) is 0 Å². The lowest BCUT2D eigenvalue weighted by Gasteiger charge is -2.18. The van der Waals surface area contributed by atoms with Crippen LogP contribution in [0.2, 0.25) is 0 Å². The van der Waals surface area contributed by atoms with Crippen molar-refractivity contribution in [3.8, 4) is 0 Å². The maximum absolute atomic E-state index is 10.7. The fraction of sp³-hybridized carbons (Fsp3) is 0.700. The first kappa shape index (κ1) is 10.3. The van der Waals surface area contributed by atoms with Gasteiger partial charge in [0.1, 0.15) is 0 Å². The quantitative estimate of drug-likeness (QED) is 0.659. The normalized spacial score (nSPS) is 22.5. The first-order valence-corrected chi connectivity index (χ1v) is 4.68. The minimum atomic E-state index is -0.777. The molecule has 0 atom stereocenters. The van der Waals surface area contributed by atoms with Crippen molar-refractivity contribution in [1.29, 1.82) is 0 Å². The lowest BCUT2D eigenvalue weighted by Crippen LogP contribution is -2.27. The topological polar surface area (TPSA) is 40.5 Å². The van der Waals surface area contributed by atoms with Gasteiger partial charge in [-0.25, -0.2) is 4.79 Å². The summed E-state index contributed by atoms with van der Waals surface area (Å²) < 4.78 is 0. The van der Waals surface area contributed by atoms with Crippen molar-refractivity contribution in [3.05, 3.63) is 11.1 Å². The Balaban J connectivity index is 2.69. The van der Waals surface area contributed by atoms with Crippen LogP contribution in [-0.2, 0) is 4.79 Å². The van der Waals surface area contributed by atoms with Gasteiger partial charge in [-0.3, -0.25) is 4.90 Å². The number of aliphatic carboxylic acids is 1. The molecule has 0 bridgehead atoms. The SMILES string of the molecule is CC(C(=O)O)=C1CCN(C(C)C)C1. The highest BCUT2D eigenvalue weighted by atomic mass is 16.4. The Labute approximate surface area is 79.0 Å². The van der Waals surface area contributed by atoms with E-state index in [4.69, 9.17) is 5.11 Å². The predicted molar refractivity (Wildman–Crippen MR) is 51.7 cm³/mol. The molecule has 0 aromatic rings. The zero-order chi connectivity index (χ0) is 10.0. The van der Waals surface area contributed by atoms with Crippen LogP contribution in [0.25, 0.3) is 0 Å². The molecule has 13 heavy (non-hydrogen) atoms. The fourth-order valence-electron chi connectivity index (χ4n) is 1.58. The van der Waals surface area contributed by atoms with Gasteiger partial charge in [-0.05, 0) is 32.8 Å². The van der Waals surface area contributed by atoms with Crippen molar-refractivity contribution in [2.45, 2.75) is 33.2 Å². The summed E-state index contributed by atoms with van der Waals surface area (Å²) in [5.74, 6) is -0.777. The van der Waals surface area contributed by atoms with Gasteiger partial charge in [0.2, 0.25) is 0 Å². The molecule has 3 heteroatoms. The molecule has 3 nitrogen and oxygen atoms in total. The molecule has 0 spiro atoms. The molecule has 0 aromatic carbocycles. The molecule has 0 aliphatic carbocycles. The molecule has 0 unspecified atom stereocenters. The highest BCUT2D eigenvalue weighted by Gasteiger charge is 2.21. The van der Waals surface area contributed by atoms with E-state index >= 15 is 0 Å². The van der Waals surface area contributed by atoms with Crippen molar-refractivity contribution >= 4 is 5.97 Å². The monoisotopic (exact) mass is 183 g/mol. The van der Waals surface area contributed by atoms with Crippen molar-refractivity contribution in [1.82, 2.24) is 4.90 Å². The first-order chi connectivity index (χ1) is 6.02. The molecule has 1 aliphatic heterocycles. The summed E-state index contributed by atoms with van der Waals surface area (Å²) in [7, 11) is 0. The molecule has 0 aromatic heterocycles. The number of hydrogen-bond donors (Lipinski definition) is 1. The van der Waals surface area contributed by atoms with Gasteiger partial charge in [-0.1, -0.05) is 0 Å². The Morgan fingerprint density at radius 3 is 2.54 bits per heavy atom. The Morgan fingerprint density at radius 1 is 1.54 bits per heavy atom. The van der Waals surface area contributed by atoms with Crippen LogP contribution < -0.4 is 0 Å². The summed E-state index contributed by atoms with van der Waals surface area (Å²) in [5, 5.41) is 8.79. The van der Waals surface area contributed by atoms with Crippen LogP contribution in [-0.4, -0.2) is 35.1 Å². The fourth-order valence-corrected chi connectivity index (χ4v) is 1.58. The average molecular weight is 183 g/mol. The minimum absolute atomic E-state index is 0.513. The van der Waals surface area contributed by atoms with E-state index in [2.05, 4.69) is 18.7 Å². The van der Waals surface area contributed by atoms with Crippen LogP contribution in [0.3, 0.4) is 0 Å². The van der Waals surface area contributed by atoms with E-state index in [-0.39, 0.29) is 0 Å². The Morgan fingerprint density at radius 2 is 2.15 bits per heavy atom. The van der Waals surface area contributed by atoms with Gasteiger partial charge in [0.15, 0.2) is 0 Å². The summed E-state index contributed by atoms with van der Waals surface area (Å²) >= 11 is 0. The van der Waals surface area contributed by atoms with Crippen molar-refractivity contribution < 1.29 is 9.90 Å². The van der Waals surface area contributed by atoms with Crippen molar-refractivity contribution in [2.24, 2.45) is 0 Å². The second kappa shape index (κ2) is 3.92. The summed E-state index contributed by atoms with van der Waals surface area (Å²) in [5.41, 5.74) is 1.62. The van der Waals surface area contributed by atoms with Gasteiger partial charge in [-0.2, -0.15) is 0 Å². The Bertz CT molecular complexity index is 243. The average Bonchev–Trinajstić information content (AvgIpc) is 2.50. The molecular weight excluding hydrogens is 166 g/mol. The van der Waals surface area contributed by atoms with Crippen LogP contribution in [0.1, 0.15) is 27.2 Å². The summed E-state index contributed by atoms with van der Waals surface area (Å²) in [6, 6.07) is 0.513. The molecule has 74 valence electrons. The molecule has 1 heterocycles. The van der Waals surface area contributed by atoms with E-state index in [1.165, 1.54) is 0 Å². The first-order valence-electron chi connectivity index (χ1n) is 4.68. The molecule has 1 rings (SSSR count). The second-order valence-corrected chi connectivity index (χ2v) is 3.85. The van der Waals surface area contributed by atoms with Crippen LogP contribution in [0.5, 0.6) is 0 Å². The maximum Gasteiger partial charge on any atom is 0.331 e. The number of nitrogens with zero attached hydrogens (tertiary/aromatic N) is 1. The number of rotatable bonds is 2. The Kier molecular flexibility index (Phi) is 3.09. The van der Waals surface area contributed by atoms with Crippen molar-refractivity contribution in [2.75, 3.05) is 13.1 Å². The van der Waals surface area contributed by atoms with E-state index in [9.17, 15) is 4.79 Å². The molecular formula is C10H17NO2. The lowest BCUT2D eigenvalue weighted by atomic mass is 10.1. The highest BCUT2D eigenvalue weighted by Crippen LogP contribution is 2.20. The molecule has 1 fully saturated rings. The van der Waals surface area contributed by atoms with Crippen LogP contribution >= 0.6 is 0 Å². The zero-order valence-corrected chi connectivity index (χ0v) is 8.50. The molecule has 1 aliphatic rings. The maximum atomic E-state index is 10.7. The van der Waals surface area contributed by atoms with Gasteiger partial charge >= 0.3 is 5.97 Å². The molecule has 0 radical (unpaired) electrons. The van der Waals surface area contributed by atoms with E-state index in [0.717, 1.165) is 25.1 Å². The third-order valence-electron chi connectivity index (χ3n) is 2.68. The van der Waals surface area contributed by atoms with E-state index in [1.807, 2.05) is 0 Å². The van der Waals surface area contributed by atoms with Crippen LogP contribution in [0.4, 0.5) is 0 Å². The lowest BCUT2D eigenvalue weighted by molar-refractivity contribution is -0.132. The van der Waals surface area contributed by atoms with Gasteiger partial charge < -0.3 is 5.11 Å². The summed E-state index contributed by atoms with van der Waals surface area (Å²) in [6.07, 6.45) is 0.913. The van der Waals surface area contributed by atoms with Crippen molar-refractivity contribution in [3.63, 3.8) is 0 Å². The second-order valence-electron chi connectivity index (χ2n) is 3.85. The standard InChI is InChI=1S/C10H17NO2/c1-7(2)11-5-4-9(6-11)8(3)10(12)13/h7H,4-6H2,1-3H3,(H,12,13). The number of carbonyl (C=O) groups is 1. The van der Waals surface area contributed by atoms with Crippen LogP contribution in [0.15, 0.2) is 11.1 Å². The smallest absolute Gasteiger partial charge is 0.331 e. The van der Waals surface area contributed by atoms with E-state index in [0.29, 0.717) is 11.6 Å². The zero-order valence-electron chi connectivity index (χ0n) is 8.50. The van der Waals surface area contributed by atoms with Gasteiger partial charge in [0.25, 0.3) is 0 Å². The molecule has 1 N–H and O–H groups in total. The van der Waals surface area contributed by atoms with E-state index < -0.39 is 5.97 Å². The molecule has 0 saturated carbocycles. The highest BCUT2D eigenvalue weighted by molar-refractivity contribution is 5.86. The van der Waals surface area contributed by atoms with Gasteiger partial charge in [-0.15, -0.1) is 0 Å².